The number of nitrogens with zero attached hydrogens (tertiary/aromatic N) is 2. The lowest BCUT2D eigenvalue weighted by molar-refractivity contribution is 0.965. The first-order chi connectivity index (χ1) is 4.83. The highest BCUT2D eigenvalue weighted by Crippen LogP contribution is 2.11. The lowest BCUT2D eigenvalue weighted by atomic mass is 10.6. The number of rotatable bonds is 3. The van der Waals surface area contributed by atoms with Crippen LogP contribution in [-0.4, -0.2) is 20.9 Å². The van der Waals surface area contributed by atoms with Crippen LogP contribution in [0.4, 0.5) is 0 Å². The van der Waals surface area contributed by atoms with Crippen LogP contribution in [0.5, 0.6) is 0 Å². The van der Waals surface area contributed by atoms with Crippen molar-refractivity contribution < 1.29 is 0 Å². The second-order valence-electron chi connectivity index (χ2n) is 2.05. The van der Waals surface area contributed by atoms with Crippen LogP contribution in [0.15, 0.2) is 5.16 Å². The standard InChI is InChI=1S/C6H11N3S/c1-3-4-10-6-7-5(2)8-9-6/h3-4H2,1-2H3,(H,7,8,9). The minimum Gasteiger partial charge on any atom is -0.262 e. The molecular weight excluding hydrogens is 146 g/mol. The average Bonchev–Trinajstić information content (AvgIpc) is 2.31. The molecule has 56 valence electrons. The maximum atomic E-state index is 4.14. The predicted molar refractivity (Wildman–Crippen MR) is 42.1 cm³/mol. The van der Waals surface area contributed by atoms with E-state index in [-0.39, 0.29) is 0 Å². The summed E-state index contributed by atoms with van der Waals surface area (Å²) in [6.45, 7) is 4.05. The quantitative estimate of drug-likeness (QED) is 0.678. The van der Waals surface area contributed by atoms with Crippen LogP contribution in [0, 0.1) is 6.92 Å². The Morgan fingerprint density at radius 2 is 2.40 bits per heavy atom. The van der Waals surface area contributed by atoms with Gasteiger partial charge in [0.15, 0.2) is 0 Å². The number of aromatic amines is 1. The third-order valence-corrected chi connectivity index (χ3v) is 2.07. The van der Waals surface area contributed by atoms with E-state index in [0.29, 0.717) is 0 Å². The van der Waals surface area contributed by atoms with E-state index in [0.717, 1.165) is 23.2 Å². The number of H-pyrrole nitrogens is 1. The summed E-state index contributed by atoms with van der Waals surface area (Å²) in [6, 6.07) is 0. The van der Waals surface area contributed by atoms with Gasteiger partial charge in [-0.1, -0.05) is 18.7 Å². The number of thioether (sulfide) groups is 1. The van der Waals surface area contributed by atoms with E-state index in [1.807, 2.05) is 6.92 Å². The molecule has 0 spiro atoms. The second kappa shape index (κ2) is 3.61. The van der Waals surface area contributed by atoms with Gasteiger partial charge < -0.3 is 0 Å². The van der Waals surface area contributed by atoms with Crippen LogP contribution in [0.2, 0.25) is 0 Å². The summed E-state index contributed by atoms with van der Waals surface area (Å²) < 4.78 is 0. The van der Waals surface area contributed by atoms with Crippen molar-refractivity contribution in [2.75, 3.05) is 5.75 Å². The Labute approximate surface area is 64.6 Å². The molecule has 0 aromatic carbocycles. The Morgan fingerprint density at radius 3 is 2.90 bits per heavy atom. The molecule has 1 aromatic heterocycles. The predicted octanol–water partition coefficient (Wildman–Crippen LogP) is 1.62. The molecule has 1 heterocycles. The first-order valence-corrected chi connectivity index (χ1v) is 4.33. The van der Waals surface area contributed by atoms with Gasteiger partial charge in [0.2, 0.25) is 5.16 Å². The van der Waals surface area contributed by atoms with Crippen LogP contribution >= 0.6 is 11.8 Å². The molecule has 0 aliphatic heterocycles. The largest absolute Gasteiger partial charge is 0.262 e. The molecule has 0 unspecified atom stereocenters. The topological polar surface area (TPSA) is 41.6 Å². The Kier molecular flexibility index (Phi) is 2.74. The number of nitrogens with one attached hydrogen (secondary N) is 1. The average molecular weight is 157 g/mol. The summed E-state index contributed by atoms with van der Waals surface area (Å²) in [5.74, 6) is 1.98. The zero-order valence-electron chi connectivity index (χ0n) is 6.22. The van der Waals surface area contributed by atoms with Crippen molar-refractivity contribution in [2.45, 2.75) is 25.4 Å². The smallest absolute Gasteiger partial charge is 0.208 e. The maximum Gasteiger partial charge on any atom is 0.208 e. The second-order valence-corrected chi connectivity index (χ2v) is 3.11. The summed E-state index contributed by atoms with van der Waals surface area (Å²) in [6.07, 6.45) is 1.16. The molecule has 1 rings (SSSR count). The minimum atomic E-state index is 0.861. The van der Waals surface area contributed by atoms with E-state index in [2.05, 4.69) is 22.1 Å². The molecule has 4 heteroatoms. The summed E-state index contributed by atoms with van der Waals surface area (Å²) in [4.78, 5) is 4.14. The number of hydrogen-bond acceptors (Lipinski definition) is 3. The van der Waals surface area contributed by atoms with Gasteiger partial charge in [0.05, 0.1) is 0 Å². The number of aromatic nitrogens is 3. The van der Waals surface area contributed by atoms with E-state index in [1.54, 1.807) is 11.8 Å². The molecule has 0 radical (unpaired) electrons. The molecule has 0 atom stereocenters. The monoisotopic (exact) mass is 157 g/mol. The van der Waals surface area contributed by atoms with E-state index in [1.165, 1.54) is 0 Å². The van der Waals surface area contributed by atoms with Crippen molar-refractivity contribution in [1.29, 1.82) is 0 Å². The summed E-state index contributed by atoms with van der Waals surface area (Å²) in [7, 11) is 0. The van der Waals surface area contributed by atoms with Crippen LogP contribution < -0.4 is 0 Å². The lowest BCUT2D eigenvalue weighted by Gasteiger charge is -1.88. The van der Waals surface area contributed by atoms with Crippen molar-refractivity contribution in [3.8, 4) is 0 Å². The fraction of sp³-hybridized carbons (Fsp3) is 0.667. The highest BCUT2D eigenvalue weighted by Gasteiger charge is 1.97. The summed E-state index contributed by atoms with van der Waals surface area (Å²) in [5.41, 5.74) is 0. The normalized spacial score (nSPS) is 10.2. The molecule has 3 nitrogen and oxygen atoms in total. The van der Waals surface area contributed by atoms with E-state index in [9.17, 15) is 0 Å². The van der Waals surface area contributed by atoms with Gasteiger partial charge in [-0.25, -0.2) is 4.98 Å². The first-order valence-electron chi connectivity index (χ1n) is 3.34. The maximum absolute atomic E-state index is 4.14. The van der Waals surface area contributed by atoms with E-state index >= 15 is 0 Å². The molecule has 0 fully saturated rings. The van der Waals surface area contributed by atoms with Crippen molar-refractivity contribution in [3.63, 3.8) is 0 Å². The highest BCUT2D eigenvalue weighted by atomic mass is 32.2. The van der Waals surface area contributed by atoms with Crippen molar-refractivity contribution >= 4 is 11.8 Å². The molecule has 1 N–H and O–H groups in total. The zero-order chi connectivity index (χ0) is 7.40. The lowest BCUT2D eigenvalue weighted by Crippen LogP contribution is -1.77. The number of hydrogen-bond donors (Lipinski definition) is 1. The highest BCUT2D eigenvalue weighted by molar-refractivity contribution is 7.99. The number of aryl methyl sites for hydroxylation is 1. The van der Waals surface area contributed by atoms with Crippen molar-refractivity contribution in [1.82, 2.24) is 15.2 Å². The third kappa shape index (κ3) is 2.02. The first kappa shape index (κ1) is 7.60. The van der Waals surface area contributed by atoms with E-state index < -0.39 is 0 Å². The Balaban J connectivity index is 2.42. The Hall–Kier alpha value is -0.510. The van der Waals surface area contributed by atoms with Crippen LogP contribution in [0.1, 0.15) is 19.2 Å². The molecule has 1 aromatic rings. The fourth-order valence-corrected chi connectivity index (χ4v) is 1.28. The molecule has 0 amide bonds. The molecule has 0 saturated heterocycles. The molecule has 10 heavy (non-hydrogen) atoms. The Morgan fingerprint density at radius 1 is 1.60 bits per heavy atom. The van der Waals surface area contributed by atoms with Gasteiger partial charge >= 0.3 is 0 Å². The molecule has 0 saturated carbocycles. The van der Waals surface area contributed by atoms with Gasteiger partial charge in [0.1, 0.15) is 5.82 Å². The van der Waals surface area contributed by atoms with Crippen molar-refractivity contribution in [2.24, 2.45) is 0 Å². The molecule has 0 bridgehead atoms. The van der Waals surface area contributed by atoms with Gasteiger partial charge in [0.25, 0.3) is 0 Å². The van der Waals surface area contributed by atoms with Gasteiger partial charge in [-0.3, -0.25) is 5.10 Å². The molecular formula is C6H11N3S. The summed E-state index contributed by atoms with van der Waals surface area (Å²) in [5, 5.41) is 7.64. The van der Waals surface area contributed by atoms with Gasteiger partial charge in [-0.05, 0) is 13.3 Å². The minimum absolute atomic E-state index is 0.861. The molecule has 0 aliphatic carbocycles. The summed E-state index contributed by atoms with van der Waals surface area (Å²) >= 11 is 1.69. The van der Waals surface area contributed by atoms with Crippen LogP contribution in [-0.2, 0) is 0 Å². The fourth-order valence-electron chi connectivity index (χ4n) is 0.580. The van der Waals surface area contributed by atoms with Crippen molar-refractivity contribution in [3.05, 3.63) is 5.82 Å². The van der Waals surface area contributed by atoms with Gasteiger partial charge in [-0.15, -0.1) is 5.10 Å². The van der Waals surface area contributed by atoms with E-state index in [4.69, 9.17) is 0 Å². The van der Waals surface area contributed by atoms with Gasteiger partial charge in [0, 0.05) is 5.75 Å². The van der Waals surface area contributed by atoms with Gasteiger partial charge in [-0.2, -0.15) is 0 Å². The van der Waals surface area contributed by atoms with Crippen LogP contribution in [0.3, 0.4) is 0 Å². The Bertz CT molecular complexity index is 197. The molecule has 0 aliphatic rings. The van der Waals surface area contributed by atoms with Crippen LogP contribution in [0.25, 0.3) is 0 Å². The third-order valence-electron chi connectivity index (χ3n) is 1.01. The zero-order valence-corrected chi connectivity index (χ0v) is 7.03. The SMILES string of the molecule is CCCSc1n[nH]c(C)n1.